The van der Waals surface area contributed by atoms with Crippen molar-refractivity contribution in [1.82, 2.24) is 15.0 Å². The van der Waals surface area contributed by atoms with Gasteiger partial charge in [-0.1, -0.05) is 12.1 Å². The molecular formula is C15H16ClFN4. The standard InChI is InChI=1S/C15H16ClFN4/c1-10-5-6-11(9-12(10)17)13-18-14(16)20-15(19-13)21-7-3-2-4-8-21/h5-6,9H,2-4,7-8H2,1H3. The Bertz CT molecular complexity index is 656. The van der Waals surface area contributed by atoms with E-state index in [0.717, 1.165) is 25.9 Å². The highest BCUT2D eigenvalue weighted by Gasteiger charge is 2.16. The molecule has 1 aromatic carbocycles. The molecule has 110 valence electrons. The predicted molar refractivity (Wildman–Crippen MR) is 81.0 cm³/mol. The van der Waals surface area contributed by atoms with Crippen molar-refractivity contribution in [3.05, 3.63) is 34.9 Å². The van der Waals surface area contributed by atoms with Gasteiger partial charge in [0.2, 0.25) is 11.2 Å². The van der Waals surface area contributed by atoms with Crippen molar-refractivity contribution < 1.29 is 4.39 Å². The Hall–Kier alpha value is -1.75. The van der Waals surface area contributed by atoms with Gasteiger partial charge in [0.1, 0.15) is 5.82 Å². The Morgan fingerprint density at radius 2 is 1.86 bits per heavy atom. The lowest BCUT2D eigenvalue weighted by Crippen LogP contribution is -2.31. The smallest absolute Gasteiger partial charge is 0.230 e. The third-order valence-corrected chi connectivity index (χ3v) is 3.83. The van der Waals surface area contributed by atoms with Crippen LogP contribution in [0.2, 0.25) is 5.28 Å². The summed E-state index contributed by atoms with van der Waals surface area (Å²) in [7, 11) is 0. The highest BCUT2D eigenvalue weighted by Crippen LogP contribution is 2.23. The minimum atomic E-state index is -0.274. The SMILES string of the molecule is Cc1ccc(-c2nc(Cl)nc(N3CCCCC3)n2)cc1F. The van der Waals surface area contributed by atoms with Gasteiger partial charge in [0, 0.05) is 18.7 Å². The van der Waals surface area contributed by atoms with Gasteiger partial charge in [-0.15, -0.1) is 0 Å². The molecule has 6 heteroatoms. The molecule has 0 saturated carbocycles. The van der Waals surface area contributed by atoms with E-state index in [1.165, 1.54) is 12.5 Å². The van der Waals surface area contributed by atoms with Gasteiger partial charge in [0.15, 0.2) is 5.82 Å². The van der Waals surface area contributed by atoms with Crippen molar-refractivity contribution in [1.29, 1.82) is 0 Å². The van der Waals surface area contributed by atoms with Crippen LogP contribution in [0.25, 0.3) is 11.4 Å². The molecule has 0 bridgehead atoms. The molecule has 0 spiro atoms. The van der Waals surface area contributed by atoms with E-state index in [1.54, 1.807) is 19.1 Å². The molecule has 4 nitrogen and oxygen atoms in total. The number of piperidine rings is 1. The monoisotopic (exact) mass is 306 g/mol. The predicted octanol–water partition coefficient (Wildman–Crippen LogP) is 3.63. The molecular weight excluding hydrogens is 291 g/mol. The van der Waals surface area contributed by atoms with Gasteiger partial charge in [-0.2, -0.15) is 15.0 Å². The Morgan fingerprint density at radius 3 is 2.57 bits per heavy atom. The summed E-state index contributed by atoms with van der Waals surface area (Å²) in [5.74, 6) is 0.712. The second-order valence-corrected chi connectivity index (χ2v) is 5.58. The lowest BCUT2D eigenvalue weighted by molar-refractivity contribution is 0.567. The molecule has 1 saturated heterocycles. The molecule has 1 aliphatic heterocycles. The largest absolute Gasteiger partial charge is 0.341 e. The summed E-state index contributed by atoms with van der Waals surface area (Å²) in [4.78, 5) is 14.9. The fourth-order valence-corrected chi connectivity index (χ4v) is 2.59. The van der Waals surface area contributed by atoms with Gasteiger partial charge in [0.25, 0.3) is 0 Å². The molecule has 1 fully saturated rings. The van der Waals surface area contributed by atoms with E-state index in [2.05, 4.69) is 19.9 Å². The van der Waals surface area contributed by atoms with Crippen molar-refractivity contribution in [3.8, 4) is 11.4 Å². The molecule has 0 radical (unpaired) electrons. The normalized spacial score (nSPS) is 15.3. The van der Waals surface area contributed by atoms with Crippen molar-refractivity contribution in [2.75, 3.05) is 18.0 Å². The number of aromatic nitrogens is 3. The van der Waals surface area contributed by atoms with Crippen molar-refractivity contribution in [2.24, 2.45) is 0 Å². The summed E-state index contributed by atoms with van der Waals surface area (Å²) in [5, 5.41) is 0.140. The number of aryl methyl sites for hydroxylation is 1. The zero-order valence-corrected chi connectivity index (χ0v) is 12.6. The van der Waals surface area contributed by atoms with Gasteiger partial charge in [0.05, 0.1) is 0 Å². The third kappa shape index (κ3) is 3.13. The van der Waals surface area contributed by atoms with E-state index < -0.39 is 0 Å². The molecule has 0 aliphatic carbocycles. The molecule has 1 aromatic heterocycles. The maximum Gasteiger partial charge on any atom is 0.230 e. The number of rotatable bonds is 2. The summed E-state index contributed by atoms with van der Waals surface area (Å²) in [6, 6.07) is 4.94. The number of hydrogen-bond acceptors (Lipinski definition) is 4. The topological polar surface area (TPSA) is 41.9 Å². The second-order valence-electron chi connectivity index (χ2n) is 5.24. The number of hydrogen-bond donors (Lipinski definition) is 0. The molecule has 0 unspecified atom stereocenters. The Morgan fingerprint density at radius 1 is 1.10 bits per heavy atom. The van der Waals surface area contributed by atoms with E-state index >= 15 is 0 Å². The first-order valence-electron chi connectivity index (χ1n) is 7.06. The van der Waals surface area contributed by atoms with Crippen LogP contribution >= 0.6 is 11.6 Å². The Labute approximate surface area is 128 Å². The first-order chi connectivity index (χ1) is 10.1. The van der Waals surface area contributed by atoms with Crippen LogP contribution in [0.1, 0.15) is 24.8 Å². The molecule has 0 amide bonds. The summed E-state index contributed by atoms with van der Waals surface area (Å²) in [5.41, 5.74) is 1.20. The summed E-state index contributed by atoms with van der Waals surface area (Å²) in [6.45, 7) is 3.56. The van der Waals surface area contributed by atoms with Crippen molar-refractivity contribution in [2.45, 2.75) is 26.2 Å². The lowest BCUT2D eigenvalue weighted by atomic mass is 10.1. The molecule has 2 heterocycles. The summed E-state index contributed by atoms with van der Waals surface area (Å²) < 4.78 is 13.7. The van der Waals surface area contributed by atoms with Crippen LogP contribution in [0.15, 0.2) is 18.2 Å². The van der Waals surface area contributed by atoms with Crippen molar-refractivity contribution in [3.63, 3.8) is 0 Å². The summed E-state index contributed by atoms with van der Waals surface area (Å²) in [6.07, 6.45) is 3.47. The lowest BCUT2D eigenvalue weighted by Gasteiger charge is -2.26. The molecule has 1 aliphatic rings. The number of benzene rings is 1. The molecule has 0 atom stereocenters. The van der Waals surface area contributed by atoms with E-state index in [9.17, 15) is 4.39 Å². The highest BCUT2D eigenvalue weighted by atomic mass is 35.5. The second kappa shape index (κ2) is 5.93. The quantitative estimate of drug-likeness (QED) is 0.849. The molecule has 0 N–H and O–H groups in total. The van der Waals surface area contributed by atoms with Crippen LogP contribution in [0.5, 0.6) is 0 Å². The first kappa shape index (κ1) is 14.2. The van der Waals surface area contributed by atoms with Gasteiger partial charge in [-0.3, -0.25) is 0 Å². The van der Waals surface area contributed by atoms with Crippen LogP contribution in [-0.2, 0) is 0 Å². The van der Waals surface area contributed by atoms with Gasteiger partial charge < -0.3 is 4.90 Å². The first-order valence-corrected chi connectivity index (χ1v) is 7.44. The molecule has 3 rings (SSSR count). The third-order valence-electron chi connectivity index (χ3n) is 3.67. The minimum absolute atomic E-state index is 0.140. The van der Waals surface area contributed by atoms with E-state index in [1.807, 2.05) is 0 Å². The number of nitrogens with zero attached hydrogens (tertiary/aromatic N) is 4. The van der Waals surface area contributed by atoms with Crippen molar-refractivity contribution >= 4 is 17.5 Å². The zero-order valence-electron chi connectivity index (χ0n) is 11.8. The van der Waals surface area contributed by atoms with Gasteiger partial charge >= 0.3 is 0 Å². The fraction of sp³-hybridized carbons (Fsp3) is 0.400. The van der Waals surface area contributed by atoms with Crippen LogP contribution in [0.4, 0.5) is 10.3 Å². The van der Waals surface area contributed by atoms with Gasteiger partial charge in [-0.25, -0.2) is 4.39 Å². The summed E-state index contributed by atoms with van der Waals surface area (Å²) >= 11 is 6.01. The van der Waals surface area contributed by atoms with Crippen LogP contribution in [0.3, 0.4) is 0 Å². The van der Waals surface area contributed by atoms with E-state index in [4.69, 9.17) is 11.6 Å². The van der Waals surface area contributed by atoms with E-state index in [-0.39, 0.29) is 11.1 Å². The van der Waals surface area contributed by atoms with Crippen LogP contribution < -0.4 is 4.90 Å². The number of anilines is 1. The average molecular weight is 307 g/mol. The van der Waals surface area contributed by atoms with E-state index in [0.29, 0.717) is 22.9 Å². The van der Waals surface area contributed by atoms with Crippen LogP contribution in [0, 0.1) is 12.7 Å². The molecule has 2 aromatic rings. The maximum absolute atomic E-state index is 13.7. The fourth-order valence-electron chi connectivity index (χ4n) is 2.44. The zero-order chi connectivity index (χ0) is 14.8. The van der Waals surface area contributed by atoms with Crippen LogP contribution in [-0.4, -0.2) is 28.0 Å². The minimum Gasteiger partial charge on any atom is -0.341 e. The molecule has 21 heavy (non-hydrogen) atoms. The highest BCUT2D eigenvalue weighted by molar-refractivity contribution is 6.28. The maximum atomic E-state index is 13.7. The Balaban J connectivity index is 1.98. The Kier molecular flexibility index (Phi) is 4.01. The average Bonchev–Trinajstić information content (AvgIpc) is 2.50. The number of halogens is 2. The van der Waals surface area contributed by atoms with Gasteiger partial charge in [-0.05, 0) is 49.4 Å².